The van der Waals surface area contributed by atoms with Gasteiger partial charge in [0.15, 0.2) is 0 Å². The molecule has 0 saturated carbocycles. The number of carbonyl (C=O) groups is 1. The molecule has 0 aliphatic carbocycles. The van der Waals surface area contributed by atoms with Crippen LogP contribution in [0.5, 0.6) is 5.75 Å². The number of halogens is 1. The third kappa shape index (κ3) is 4.63. The van der Waals surface area contributed by atoms with Gasteiger partial charge in [0.25, 0.3) is 0 Å². The molecule has 0 fully saturated rings. The van der Waals surface area contributed by atoms with Crippen molar-refractivity contribution >= 4 is 24.0 Å². The Kier molecular flexibility index (Phi) is 7.34. The average molecular weight is 259 g/mol. The molecular weight excluding hydrogens is 240 g/mol. The Balaban J connectivity index is 0.00000256. The molecule has 0 aliphatic rings. The monoisotopic (exact) mass is 258 g/mol. The predicted molar refractivity (Wildman–Crippen MR) is 72.0 cm³/mol. The number of amides is 1. The van der Waals surface area contributed by atoms with E-state index in [1.165, 1.54) is 0 Å². The van der Waals surface area contributed by atoms with Crippen LogP contribution in [0.15, 0.2) is 24.3 Å². The molecule has 1 aromatic carbocycles. The third-order valence-corrected chi connectivity index (χ3v) is 2.32. The van der Waals surface area contributed by atoms with Gasteiger partial charge in [-0.05, 0) is 19.2 Å². The quantitative estimate of drug-likeness (QED) is 0.848. The highest BCUT2D eigenvalue weighted by Crippen LogP contribution is 2.23. The summed E-state index contributed by atoms with van der Waals surface area (Å²) in [5, 5.41) is 5.81. The molecule has 1 atom stereocenters. The number of methoxy groups -OCH3 is 1. The van der Waals surface area contributed by atoms with Crippen molar-refractivity contribution in [1.29, 1.82) is 0 Å². The minimum atomic E-state index is -0.0742. The maximum atomic E-state index is 11.8. The summed E-state index contributed by atoms with van der Waals surface area (Å²) < 4.78 is 5.16. The second-order valence-electron chi connectivity index (χ2n) is 3.65. The molecule has 0 heterocycles. The highest BCUT2D eigenvalue weighted by atomic mass is 35.5. The summed E-state index contributed by atoms with van der Waals surface area (Å²) in [6.45, 7) is 2.53. The van der Waals surface area contributed by atoms with Gasteiger partial charge in [-0.15, -0.1) is 12.4 Å². The Hall–Kier alpha value is -1.26. The van der Waals surface area contributed by atoms with E-state index in [0.717, 1.165) is 0 Å². The molecule has 17 heavy (non-hydrogen) atoms. The van der Waals surface area contributed by atoms with Gasteiger partial charge in [0, 0.05) is 12.5 Å². The van der Waals surface area contributed by atoms with Crippen LogP contribution in [0, 0.1) is 5.92 Å². The number of carbonyl (C=O) groups excluding carboxylic acids is 1. The number of anilines is 1. The Labute approximate surface area is 108 Å². The normalized spacial score (nSPS) is 11.2. The maximum absolute atomic E-state index is 11.8. The SMILES string of the molecule is CNCC(C)C(=O)Nc1ccccc1OC.Cl. The van der Waals surface area contributed by atoms with Gasteiger partial charge in [-0.3, -0.25) is 4.79 Å². The van der Waals surface area contributed by atoms with Crippen molar-refractivity contribution < 1.29 is 9.53 Å². The number of hydrogen-bond acceptors (Lipinski definition) is 3. The first-order chi connectivity index (χ1) is 7.69. The molecule has 2 N–H and O–H groups in total. The van der Waals surface area contributed by atoms with Crippen LogP contribution in [0.4, 0.5) is 5.69 Å². The number of para-hydroxylation sites is 2. The van der Waals surface area contributed by atoms with Gasteiger partial charge in [0.05, 0.1) is 12.8 Å². The number of hydrogen-bond donors (Lipinski definition) is 2. The lowest BCUT2D eigenvalue weighted by molar-refractivity contribution is -0.119. The van der Waals surface area contributed by atoms with Crippen LogP contribution < -0.4 is 15.4 Å². The smallest absolute Gasteiger partial charge is 0.228 e. The second kappa shape index (κ2) is 7.92. The van der Waals surface area contributed by atoms with Gasteiger partial charge < -0.3 is 15.4 Å². The first-order valence-electron chi connectivity index (χ1n) is 5.27. The molecule has 4 nitrogen and oxygen atoms in total. The zero-order valence-corrected chi connectivity index (χ0v) is 11.1. The number of ether oxygens (including phenoxy) is 1. The minimum Gasteiger partial charge on any atom is -0.495 e. The molecule has 1 rings (SSSR count). The molecule has 0 spiro atoms. The van der Waals surface area contributed by atoms with Crippen LogP contribution in [0.25, 0.3) is 0 Å². The number of rotatable bonds is 5. The Bertz CT molecular complexity index is 358. The molecule has 1 amide bonds. The van der Waals surface area contributed by atoms with E-state index in [9.17, 15) is 4.79 Å². The van der Waals surface area contributed by atoms with Crippen molar-refractivity contribution in [2.75, 3.05) is 26.0 Å². The van der Waals surface area contributed by atoms with Gasteiger partial charge in [-0.2, -0.15) is 0 Å². The topological polar surface area (TPSA) is 50.4 Å². The van der Waals surface area contributed by atoms with Crippen molar-refractivity contribution in [3.63, 3.8) is 0 Å². The van der Waals surface area contributed by atoms with Crippen molar-refractivity contribution in [2.45, 2.75) is 6.92 Å². The largest absolute Gasteiger partial charge is 0.495 e. The molecule has 0 bridgehead atoms. The summed E-state index contributed by atoms with van der Waals surface area (Å²) in [5.74, 6) is 0.585. The molecule has 0 aliphatic heterocycles. The molecule has 0 saturated heterocycles. The fourth-order valence-electron chi connectivity index (χ4n) is 1.40. The fraction of sp³-hybridized carbons (Fsp3) is 0.417. The first-order valence-corrected chi connectivity index (χ1v) is 5.27. The van der Waals surface area contributed by atoms with E-state index >= 15 is 0 Å². The van der Waals surface area contributed by atoms with Gasteiger partial charge >= 0.3 is 0 Å². The first kappa shape index (κ1) is 15.7. The zero-order valence-electron chi connectivity index (χ0n) is 10.3. The standard InChI is InChI=1S/C12H18N2O2.ClH/c1-9(8-13-2)12(15)14-10-6-4-5-7-11(10)16-3;/h4-7,9,13H,8H2,1-3H3,(H,14,15);1H. The van der Waals surface area contributed by atoms with Crippen LogP contribution in [0.3, 0.4) is 0 Å². The summed E-state index contributed by atoms with van der Waals surface area (Å²) in [5.41, 5.74) is 0.706. The number of benzene rings is 1. The van der Waals surface area contributed by atoms with E-state index in [1.54, 1.807) is 7.11 Å². The van der Waals surface area contributed by atoms with Gasteiger partial charge in [0.1, 0.15) is 5.75 Å². The molecular formula is C12H19ClN2O2. The number of nitrogens with one attached hydrogen (secondary N) is 2. The van der Waals surface area contributed by atoms with Crippen LogP contribution >= 0.6 is 12.4 Å². The average Bonchev–Trinajstić information content (AvgIpc) is 2.30. The Morgan fingerprint density at radius 2 is 2.06 bits per heavy atom. The van der Waals surface area contributed by atoms with Crippen molar-refractivity contribution in [3.05, 3.63) is 24.3 Å². The van der Waals surface area contributed by atoms with Crippen molar-refractivity contribution in [1.82, 2.24) is 5.32 Å². The van der Waals surface area contributed by atoms with E-state index in [4.69, 9.17) is 4.74 Å². The fourth-order valence-corrected chi connectivity index (χ4v) is 1.40. The summed E-state index contributed by atoms with van der Waals surface area (Å²) in [7, 11) is 3.41. The zero-order chi connectivity index (χ0) is 12.0. The van der Waals surface area contributed by atoms with E-state index in [-0.39, 0.29) is 24.2 Å². The summed E-state index contributed by atoms with van der Waals surface area (Å²) in [6, 6.07) is 7.37. The lowest BCUT2D eigenvalue weighted by Gasteiger charge is -2.13. The lowest BCUT2D eigenvalue weighted by Crippen LogP contribution is -2.28. The molecule has 0 aromatic heterocycles. The van der Waals surface area contributed by atoms with Crippen molar-refractivity contribution in [2.24, 2.45) is 5.92 Å². The van der Waals surface area contributed by atoms with E-state index in [2.05, 4.69) is 10.6 Å². The summed E-state index contributed by atoms with van der Waals surface area (Å²) in [4.78, 5) is 11.8. The van der Waals surface area contributed by atoms with Gasteiger partial charge in [-0.1, -0.05) is 19.1 Å². The highest BCUT2D eigenvalue weighted by Gasteiger charge is 2.13. The molecule has 0 radical (unpaired) electrons. The Morgan fingerprint density at radius 1 is 1.41 bits per heavy atom. The molecule has 1 unspecified atom stereocenters. The predicted octanol–water partition coefficient (Wildman–Crippen LogP) is 1.91. The minimum absolute atomic E-state index is 0. The van der Waals surface area contributed by atoms with Crippen LogP contribution in [-0.4, -0.2) is 26.6 Å². The van der Waals surface area contributed by atoms with Gasteiger partial charge in [0.2, 0.25) is 5.91 Å². The van der Waals surface area contributed by atoms with Crippen LogP contribution in [0.2, 0.25) is 0 Å². The van der Waals surface area contributed by atoms with E-state index in [0.29, 0.717) is 18.0 Å². The summed E-state index contributed by atoms with van der Waals surface area (Å²) >= 11 is 0. The van der Waals surface area contributed by atoms with E-state index in [1.807, 2.05) is 38.2 Å². The maximum Gasteiger partial charge on any atom is 0.228 e. The van der Waals surface area contributed by atoms with Crippen molar-refractivity contribution in [3.8, 4) is 5.75 Å². The Morgan fingerprint density at radius 3 is 2.65 bits per heavy atom. The highest BCUT2D eigenvalue weighted by molar-refractivity contribution is 5.93. The summed E-state index contributed by atoms with van der Waals surface area (Å²) in [6.07, 6.45) is 0. The molecule has 5 heteroatoms. The van der Waals surface area contributed by atoms with Gasteiger partial charge in [-0.25, -0.2) is 0 Å². The molecule has 1 aromatic rings. The molecule has 96 valence electrons. The van der Waals surface area contributed by atoms with Crippen LogP contribution in [-0.2, 0) is 4.79 Å². The third-order valence-electron chi connectivity index (χ3n) is 2.32. The van der Waals surface area contributed by atoms with Crippen LogP contribution in [0.1, 0.15) is 6.92 Å². The van der Waals surface area contributed by atoms with E-state index < -0.39 is 0 Å². The lowest BCUT2D eigenvalue weighted by atomic mass is 10.1. The second-order valence-corrected chi connectivity index (χ2v) is 3.65.